The van der Waals surface area contributed by atoms with Crippen molar-refractivity contribution in [3.63, 3.8) is 0 Å². The van der Waals surface area contributed by atoms with Gasteiger partial charge in [0.25, 0.3) is 0 Å². The highest BCUT2D eigenvalue weighted by atomic mass is 32.2. The number of thioether (sulfide) groups is 1. The summed E-state index contributed by atoms with van der Waals surface area (Å²) < 4.78 is 0. The van der Waals surface area contributed by atoms with E-state index in [9.17, 15) is 9.90 Å². The van der Waals surface area contributed by atoms with Crippen LogP contribution >= 0.6 is 11.8 Å². The average molecular weight is 253 g/mol. The molecule has 0 heterocycles. The molecule has 1 unspecified atom stereocenters. The smallest absolute Gasteiger partial charge is 0.324 e. The van der Waals surface area contributed by atoms with Crippen molar-refractivity contribution in [1.29, 1.82) is 0 Å². The van der Waals surface area contributed by atoms with E-state index >= 15 is 0 Å². The van der Waals surface area contributed by atoms with Gasteiger partial charge in [-0.25, -0.2) is 0 Å². The zero-order valence-corrected chi connectivity index (χ0v) is 11.1. The molecule has 0 bridgehead atoms. The Hall–Kier alpha value is -1.00. The van der Waals surface area contributed by atoms with Gasteiger partial charge in [-0.1, -0.05) is 25.1 Å². The van der Waals surface area contributed by atoms with E-state index in [1.54, 1.807) is 18.7 Å². The molecule has 2 N–H and O–H groups in total. The molecule has 0 aliphatic heterocycles. The Morgan fingerprint density at radius 1 is 1.41 bits per heavy atom. The van der Waals surface area contributed by atoms with Crippen molar-refractivity contribution in [2.75, 3.05) is 12.3 Å². The van der Waals surface area contributed by atoms with Gasteiger partial charge in [-0.2, -0.15) is 0 Å². The summed E-state index contributed by atoms with van der Waals surface area (Å²) in [6.45, 7) is 4.48. The summed E-state index contributed by atoms with van der Waals surface area (Å²) in [4.78, 5) is 12.4. The number of nitrogens with one attached hydrogen (secondary N) is 1. The van der Waals surface area contributed by atoms with Gasteiger partial charge in [-0.15, -0.1) is 11.8 Å². The summed E-state index contributed by atoms with van der Waals surface area (Å²) in [5, 5.41) is 12.4. The van der Waals surface area contributed by atoms with Crippen LogP contribution in [0.2, 0.25) is 0 Å². The average Bonchev–Trinajstić information content (AvgIpc) is 2.35. The molecule has 1 rings (SSSR count). The number of benzene rings is 1. The van der Waals surface area contributed by atoms with Crippen molar-refractivity contribution in [3.8, 4) is 0 Å². The van der Waals surface area contributed by atoms with Crippen LogP contribution in [0.4, 0.5) is 0 Å². The zero-order valence-electron chi connectivity index (χ0n) is 10.3. The summed E-state index contributed by atoms with van der Waals surface area (Å²) in [5.74, 6) is -0.277. The second-order valence-electron chi connectivity index (χ2n) is 4.17. The first-order valence-corrected chi connectivity index (χ1v) is 6.73. The third-order valence-corrected chi connectivity index (χ3v) is 3.84. The Bertz CT molecular complexity index is 356. The standard InChI is InChI=1S/C13H19NO2S/c1-3-9-14-13(2,12(15)16)10-17-11-7-5-4-6-8-11/h4-8,14H,3,9-10H2,1-2H3,(H,15,16). The van der Waals surface area contributed by atoms with Crippen molar-refractivity contribution in [2.24, 2.45) is 0 Å². The van der Waals surface area contributed by atoms with Crippen molar-refractivity contribution in [2.45, 2.75) is 30.7 Å². The van der Waals surface area contributed by atoms with Crippen LogP contribution in [0.1, 0.15) is 20.3 Å². The largest absolute Gasteiger partial charge is 0.480 e. The van der Waals surface area contributed by atoms with E-state index in [1.807, 2.05) is 37.3 Å². The maximum atomic E-state index is 11.3. The normalized spacial score (nSPS) is 14.2. The molecule has 17 heavy (non-hydrogen) atoms. The minimum atomic E-state index is -0.865. The van der Waals surface area contributed by atoms with Gasteiger partial charge in [-0.3, -0.25) is 4.79 Å². The van der Waals surface area contributed by atoms with E-state index < -0.39 is 11.5 Å². The first-order chi connectivity index (χ1) is 8.08. The lowest BCUT2D eigenvalue weighted by molar-refractivity contribution is -0.143. The quantitative estimate of drug-likeness (QED) is 0.733. The van der Waals surface area contributed by atoms with Gasteiger partial charge in [0.1, 0.15) is 5.54 Å². The molecule has 3 nitrogen and oxygen atoms in total. The maximum absolute atomic E-state index is 11.3. The summed E-state index contributed by atoms with van der Waals surface area (Å²) in [6, 6.07) is 9.86. The number of aliphatic carboxylic acids is 1. The number of rotatable bonds is 7. The van der Waals surface area contributed by atoms with Crippen molar-refractivity contribution < 1.29 is 9.90 Å². The van der Waals surface area contributed by atoms with Gasteiger partial charge in [-0.05, 0) is 32.0 Å². The molecule has 0 aliphatic rings. The number of hydrogen-bond donors (Lipinski definition) is 2. The third kappa shape index (κ3) is 4.40. The highest BCUT2D eigenvalue weighted by Gasteiger charge is 2.32. The van der Waals surface area contributed by atoms with Gasteiger partial charge in [0.15, 0.2) is 0 Å². The lowest BCUT2D eigenvalue weighted by atomic mass is 10.1. The fourth-order valence-electron chi connectivity index (χ4n) is 1.33. The summed E-state index contributed by atoms with van der Waals surface area (Å²) in [7, 11) is 0. The zero-order chi connectivity index (χ0) is 12.7. The van der Waals surface area contributed by atoms with E-state index in [-0.39, 0.29) is 0 Å². The van der Waals surface area contributed by atoms with Gasteiger partial charge in [0.05, 0.1) is 0 Å². The van der Waals surface area contributed by atoms with Crippen LogP contribution in [0.3, 0.4) is 0 Å². The summed E-state index contributed by atoms with van der Waals surface area (Å²) in [6.07, 6.45) is 0.929. The minimum absolute atomic E-state index is 0.520. The van der Waals surface area contributed by atoms with E-state index in [0.29, 0.717) is 5.75 Å². The molecule has 0 spiro atoms. The minimum Gasteiger partial charge on any atom is -0.480 e. The number of carbonyl (C=O) groups is 1. The van der Waals surface area contributed by atoms with Crippen LogP contribution in [0.5, 0.6) is 0 Å². The fraction of sp³-hybridized carbons (Fsp3) is 0.462. The SMILES string of the molecule is CCCNC(C)(CSc1ccccc1)C(=O)O. The van der Waals surface area contributed by atoms with Crippen LogP contribution in [-0.2, 0) is 4.79 Å². The molecule has 0 amide bonds. The Balaban J connectivity index is 2.58. The molecule has 0 saturated heterocycles. The first kappa shape index (κ1) is 14.1. The van der Waals surface area contributed by atoms with Crippen molar-refractivity contribution in [1.82, 2.24) is 5.32 Å². The monoisotopic (exact) mass is 253 g/mol. The van der Waals surface area contributed by atoms with Gasteiger partial charge < -0.3 is 10.4 Å². The molecule has 0 saturated carbocycles. The van der Waals surface area contributed by atoms with Gasteiger partial charge in [0, 0.05) is 10.6 Å². The fourth-order valence-corrected chi connectivity index (χ4v) is 2.36. The molecule has 94 valence electrons. The topological polar surface area (TPSA) is 49.3 Å². The van der Waals surface area contributed by atoms with Crippen LogP contribution in [-0.4, -0.2) is 28.9 Å². The van der Waals surface area contributed by atoms with E-state index in [2.05, 4.69) is 5.32 Å². The van der Waals surface area contributed by atoms with Gasteiger partial charge >= 0.3 is 5.97 Å². The van der Waals surface area contributed by atoms with E-state index in [4.69, 9.17) is 0 Å². The molecule has 0 aromatic heterocycles. The first-order valence-electron chi connectivity index (χ1n) is 5.75. The molecular weight excluding hydrogens is 234 g/mol. The lowest BCUT2D eigenvalue weighted by Gasteiger charge is -2.25. The molecule has 0 fully saturated rings. The predicted molar refractivity (Wildman–Crippen MR) is 71.5 cm³/mol. The molecule has 1 aromatic carbocycles. The maximum Gasteiger partial charge on any atom is 0.324 e. The second kappa shape index (κ2) is 6.67. The van der Waals surface area contributed by atoms with Crippen LogP contribution < -0.4 is 5.32 Å². The van der Waals surface area contributed by atoms with Crippen molar-refractivity contribution in [3.05, 3.63) is 30.3 Å². The molecule has 1 atom stereocenters. The predicted octanol–water partition coefficient (Wildman–Crippen LogP) is 2.62. The van der Waals surface area contributed by atoms with E-state index in [0.717, 1.165) is 17.9 Å². The number of carboxylic acids is 1. The van der Waals surface area contributed by atoms with Gasteiger partial charge in [0.2, 0.25) is 0 Å². The van der Waals surface area contributed by atoms with E-state index in [1.165, 1.54) is 0 Å². The second-order valence-corrected chi connectivity index (χ2v) is 5.21. The molecule has 0 radical (unpaired) electrons. The van der Waals surface area contributed by atoms with Crippen LogP contribution in [0.25, 0.3) is 0 Å². The van der Waals surface area contributed by atoms with Crippen LogP contribution in [0.15, 0.2) is 35.2 Å². The molecule has 0 aliphatic carbocycles. The Labute approximate surface area is 107 Å². The number of carboxylic acid groups (broad SMARTS) is 1. The summed E-state index contributed by atoms with van der Waals surface area (Å²) >= 11 is 1.56. The number of hydrogen-bond acceptors (Lipinski definition) is 3. The Morgan fingerprint density at radius 3 is 2.59 bits per heavy atom. The summed E-state index contributed by atoms with van der Waals surface area (Å²) in [5.41, 5.74) is -0.865. The third-order valence-electron chi connectivity index (χ3n) is 2.51. The Kier molecular flexibility index (Phi) is 5.51. The molecule has 1 aromatic rings. The Morgan fingerprint density at radius 2 is 2.06 bits per heavy atom. The van der Waals surface area contributed by atoms with Crippen molar-refractivity contribution >= 4 is 17.7 Å². The molecule has 4 heteroatoms. The highest BCUT2D eigenvalue weighted by Crippen LogP contribution is 2.22. The highest BCUT2D eigenvalue weighted by molar-refractivity contribution is 7.99. The molecular formula is C13H19NO2S. The lowest BCUT2D eigenvalue weighted by Crippen LogP contribution is -2.51. The van der Waals surface area contributed by atoms with Crippen LogP contribution in [0, 0.1) is 0 Å².